The maximum atomic E-state index is 13.9. The highest BCUT2D eigenvalue weighted by Crippen LogP contribution is 2.44. The molecule has 1 fully saturated rings. The Kier molecular flexibility index (Phi) is 5.86. The molecule has 1 amide bonds. The van der Waals surface area contributed by atoms with Gasteiger partial charge in [-0.3, -0.25) is 9.78 Å². The molecule has 5 rings (SSSR count). The molecule has 9 nitrogen and oxygen atoms in total. The van der Waals surface area contributed by atoms with Crippen LogP contribution in [0.3, 0.4) is 0 Å². The predicted octanol–water partition coefficient (Wildman–Crippen LogP) is 3.82. The highest BCUT2D eigenvalue weighted by atomic mass is 79.9. The summed E-state index contributed by atoms with van der Waals surface area (Å²) in [5.74, 6) is 0.979. The van der Waals surface area contributed by atoms with Crippen molar-refractivity contribution in [1.29, 1.82) is 5.26 Å². The largest absolute Gasteiger partial charge is 0.383 e. The predicted molar refractivity (Wildman–Crippen MR) is 128 cm³/mol. The zero-order valence-electron chi connectivity index (χ0n) is 18.0. The molecule has 1 aliphatic rings. The molecule has 1 saturated carbocycles. The van der Waals surface area contributed by atoms with Gasteiger partial charge in [-0.15, -0.1) is 0 Å². The van der Waals surface area contributed by atoms with Crippen LogP contribution in [0.15, 0.2) is 59.6 Å². The average molecular weight is 515 g/mol. The number of hydrogen-bond donors (Lipinski definition) is 1. The minimum atomic E-state index is -0.307. The van der Waals surface area contributed by atoms with Crippen LogP contribution in [0, 0.1) is 17.2 Å². The standard InChI is InChI=1S/C24H19BrN8O/c25-19-9-16-8-17(12-31-22(16)32-21(19)27)24(34)33(13-18-5-2-14(10-26)11-30-18)20(15-3-4-15)23-28-6-1-7-29-23/h1-2,5-9,11-12,15,20H,3-4,13H2,(H2,27,31,32). The summed E-state index contributed by atoms with van der Waals surface area (Å²) in [6, 6.07) is 10.5. The lowest BCUT2D eigenvalue weighted by molar-refractivity contribution is 0.0618. The second kappa shape index (κ2) is 9.11. The van der Waals surface area contributed by atoms with Crippen LogP contribution >= 0.6 is 15.9 Å². The van der Waals surface area contributed by atoms with Gasteiger partial charge < -0.3 is 10.6 Å². The number of fused-ring (bicyclic) bond motifs is 1. The summed E-state index contributed by atoms with van der Waals surface area (Å²) in [5.41, 5.74) is 7.87. The van der Waals surface area contributed by atoms with E-state index >= 15 is 0 Å². The molecule has 10 heteroatoms. The highest BCUT2D eigenvalue weighted by molar-refractivity contribution is 9.10. The van der Waals surface area contributed by atoms with E-state index < -0.39 is 0 Å². The molecule has 0 saturated heterocycles. The average Bonchev–Trinajstić information content (AvgIpc) is 3.70. The van der Waals surface area contributed by atoms with E-state index in [9.17, 15) is 4.79 Å². The van der Waals surface area contributed by atoms with E-state index in [-0.39, 0.29) is 24.4 Å². The first-order chi connectivity index (χ1) is 16.5. The lowest BCUT2D eigenvalue weighted by atomic mass is 10.1. The Morgan fingerprint density at radius 2 is 1.97 bits per heavy atom. The van der Waals surface area contributed by atoms with Gasteiger partial charge in [0.1, 0.15) is 11.9 Å². The van der Waals surface area contributed by atoms with Crippen molar-refractivity contribution < 1.29 is 4.79 Å². The molecule has 4 aromatic rings. The third-order valence-corrected chi connectivity index (χ3v) is 6.33. The van der Waals surface area contributed by atoms with E-state index in [0.29, 0.717) is 44.0 Å². The Hall–Kier alpha value is -3.97. The molecule has 0 aromatic carbocycles. The topological polar surface area (TPSA) is 135 Å². The van der Waals surface area contributed by atoms with Gasteiger partial charge in [-0.05, 0) is 65.0 Å². The number of aromatic nitrogens is 5. The van der Waals surface area contributed by atoms with Crippen molar-refractivity contribution in [1.82, 2.24) is 29.8 Å². The fourth-order valence-corrected chi connectivity index (χ4v) is 4.21. The quantitative estimate of drug-likeness (QED) is 0.410. The molecule has 0 bridgehead atoms. The summed E-state index contributed by atoms with van der Waals surface area (Å²) in [7, 11) is 0. The smallest absolute Gasteiger partial charge is 0.256 e. The first-order valence-electron chi connectivity index (χ1n) is 10.7. The lowest BCUT2D eigenvalue weighted by Crippen LogP contribution is -2.37. The van der Waals surface area contributed by atoms with Gasteiger partial charge in [0.25, 0.3) is 5.91 Å². The Morgan fingerprint density at radius 3 is 2.65 bits per heavy atom. The summed E-state index contributed by atoms with van der Waals surface area (Å²) in [4.78, 5) is 37.6. The second-order valence-corrected chi connectivity index (χ2v) is 8.95. The number of nitriles is 1. The number of nitrogen functional groups attached to an aromatic ring is 1. The van der Waals surface area contributed by atoms with Crippen molar-refractivity contribution in [3.8, 4) is 6.07 Å². The summed E-state index contributed by atoms with van der Waals surface area (Å²) in [5, 5.41) is 9.79. The summed E-state index contributed by atoms with van der Waals surface area (Å²) >= 11 is 3.39. The number of rotatable bonds is 6. The zero-order chi connectivity index (χ0) is 23.7. The van der Waals surface area contributed by atoms with Gasteiger partial charge in [-0.2, -0.15) is 5.26 Å². The minimum Gasteiger partial charge on any atom is -0.383 e. The van der Waals surface area contributed by atoms with E-state index in [2.05, 4.69) is 46.9 Å². The molecule has 2 N–H and O–H groups in total. The van der Waals surface area contributed by atoms with Crippen LogP contribution in [0.1, 0.15) is 46.3 Å². The Morgan fingerprint density at radius 1 is 1.18 bits per heavy atom. The fraction of sp³-hybridized carbons (Fsp3) is 0.208. The van der Waals surface area contributed by atoms with E-state index in [1.165, 1.54) is 12.4 Å². The SMILES string of the molecule is N#Cc1ccc(CN(C(=O)c2cnc3nc(N)c(Br)cc3c2)C(c2ncccn2)C2CC2)nc1. The normalized spacial score (nSPS) is 13.9. The first-order valence-corrected chi connectivity index (χ1v) is 11.5. The molecule has 0 spiro atoms. The molecule has 34 heavy (non-hydrogen) atoms. The van der Waals surface area contributed by atoms with E-state index in [0.717, 1.165) is 12.8 Å². The van der Waals surface area contributed by atoms with Gasteiger partial charge in [0, 0.05) is 30.2 Å². The van der Waals surface area contributed by atoms with Crippen molar-refractivity contribution in [3.63, 3.8) is 0 Å². The van der Waals surface area contributed by atoms with Crippen LogP contribution in [0.2, 0.25) is 0 Å². The van der Waals surface area contributed by atoms with Crippen molar-refractivity contribution >= 4 is 38.7 Å². The molecule has 168 valence electrons. The number of nitrogens with two attached hydrogens (primary N) is 1. The van der Waals surface area contributed by atoms with Gasteiger partial charge >= 0.3 is 0 Å². The lowest BCUT2D eigenvalue weighted by Gasteiger charge is -2.31. The van der Waals surface area contributed by atoms with Crippen LogP contribution in [0.5, 0.6) is 0 Å². The van der Waals surface area contributed by atoms with Gasteiger partial charge in [0.15, 0.2) is 11.5 Å². The summed E-state index contributed by atoms with van der Waals surface area (Å²) in [6.07, 6.45) is 8.37. The monoisotopic (exact) mass is 514 g/mol. The summed E-state index contributed by atoms with van der Waals surface area (Å²) in [6.45, 7) is 0.242. The number of carbonyl (C=O) groups excluding carboxylic acids is 1. The Balaban J connectivity index is 1.56. The molecule has 0 aliphatic heterocycles. The number of anilines is 1. The van der Waals surface area contributed by atoms with E-state index in [1.54, 1.807) is 47.6 Å². The molecular formula is C24H19BrN8O. The Labute approximate surface area is 203 Å². The number of nitrogens with zero attached hydrogens (tertiary/aromatic N) is 7. The van der Waals surface area contributed by atoms with Crippen LogP contribution in [0.25, 0.3) is 11.0 Å². The first kappa shape index (κ1) is 21.9. The van der Waals surface area contributed by atoms with Gasteiger partial charge in [0.05, 0.1) is 33.9 Å². The number of carbonyl (C=O) groups is 1. The maximum Gasteiger partial charge on any atom is 0.256 e. The molecule has 4 heterocycles. The van der Waals surface area contributed by atoms with Crippen molar-refractivity contribution in [2.45, 2.75) is 25.4 Å². The minimum absolute atomic E-state index is 0.210. The van der Waals surface area contributed by atoms with Crippen LogP contribution < -0.4 is 5.73 Å². The van der Waals surface area contributed by atoms with Gasteiger partial charge in [-0.1, -0.05) is 0 Å². The highest BCUT2D eigenvalue weighted by Gasteiger charge is 2.40. The second-order valence-electron chi connectivity index (χ2n) is 8.10. The molecule has 1 unspecified atom stereocenters. The van der Waals surface area contributed by atoms with Crippen LogP contribution in [-0.2, 0) is 6.54 Å². The third-order valence-electron chi connectivity index (χ3n) is 5.70. The Bertz CT molecular complexity index is 1400. The van der Waals surface area contributed by atoms with E-state index in [4.69, 9.17) is 11.0 Å². The van der Waals surface area contributed by atoms with E-state index in [1.807, 2.05) is 0 Å². The molecule has 1 aliphatic carbocycles. The maximum absolute atomic E-state index is 13.9. The molecular weight excluding hydrogens is 496 g/mol. The van der Waals surface area contributed by atoms with Crippen molar-refractivity contribution in [3.05, 3.63) is 82.2 Å². The van der Waals surface area contributed by atoms with Gasteiger partial charge in [0.2, 0.25) is 0 Å². The molecule has 4 aromatic heterocycles. The van der Waals surface area contributed by atoms with Gasteiger partial charge in [-0.25, -0.2) is 19.9 Å². The van der Waals surface area contributed by atoms with Crippen molar-refractivity contribution in [2.24, 2.45) is 5.92 Å². The van der Waals surface area contributed by atoms with Crippen molar-refractivity contribution in [2.75, 3.05) is 5.73 Å². The molecule has 0 radical (unpaired) electrons. The number of hydrogen-bond acceptors (Lipinski definition) is 8. The number of amides is 1. The van der Waals surface area contributed by atoms with Crippen LogP contribution in [-0.4, -0.2) is 35.7 Å². The third kappa shape index (κ3) is 4.43. The van der Waals surface area contributed by atoms with Crippen LogP contribution in [0.4, 0.5) is 5.82 Å². The fourth-order valence-electron chi connectivity index (χ4n) is 3.87. The zero-order valence-corrected chi connectivity index (χ0v) is 19.6. The summed E-state index contributed by atoms with van der Waals surface area (Å²) < 4.78 is 0.638. The molecule has 1 atom stereocenters. The number of halogens is 1. The number of pyridine rings is 3.